The molecular weight excluding hydrogens is 256 g/mol. The molecule has 106 valence electrons. The molecule has 0 spiro atoms. The number of benzene rings is 1. The van der Waals surface area contributed by atoms with Crippen LogP contribution in [0, 0.1) is 0 Å². The quantitative estimate of drug-likeness (QED) is 0.742. The lowest BCUT2D eigenvalue weighted by molar-refractivity contribution is -0.121. The van der Waals surface area contributed by atoms with Crippen LogP contribution in [0.4, 0.5) is 5.82 Å². The number of amides is 1. The zero-order chi connectivity index (χ0) is 14.2. The Bertz CT molecular complexity index is 569. The summed E-state index contributed by atoms with van der Waals surface area (Å²) in [4.78, 5) is 19.9. The summed E-state index contributed by atoms with van der Waals surface area (Å²) >= 11 is 0. The molecular formula is C14H18N4O2. The second kappa shape index (κ2) is 7.40. The van der Waals surface area contributed by atoms with E-state index in [2.05, 4.69) is 20.6 Å². The molecule has 2 aromatic rings. The van der Waals surface area contributed by atoms with Gasteiger partial charge in [0.1, 0.15) is 12.1 Å². The molecule has 1 aromatic heterocycles. The number of nitrogens with zero attached hydrogens (tertiary/aromatic N) is 2. The third kappa shape index (κ3) is 3.89. The maximum atomic E-state index is 11.5. The summed E-state index contributed by atoms with van der Waals surface area (Å²) in [6.45, 7) is 1.58. The highest BCUT2D eigenvalue weighted by Crippen LogP contribution is 2.17. The Balaban J connectivity index is 1.85. The first-order chi connectivity index (χ1) is 9.81. The first-order valence-corrected chi connectivity index (χ1v) is 6.50. The Labute approximate surface area is 117 Å². The first-order valence-electron chi connectivity index (χ1n) is 6.50. The van der Waals surface area contributed by atoms with Crippen LogP contribution in [0.15, 0.2) is 30.6 Å². The Kier molecular flexibility index (Phi) is 5.25. The van der Waals surface area contributed by atoms with E-state index in [1.165, 1.54) is 6.33 Å². The molecule has 0 aliphatic carbocycles. The number of fused-ring (bicyclic) bond motifs is 1. The van der Waals surface area contributed by atoms with Crippen molar-refractivity contribution in [1.29, 1.82) is 0 Å². The molecule has 0 bridgehead atoms. The number of hydrogen-bond donors (Lipinski definition) is 2. The Hall–Kier alpha value is -2.21. The number of anilines is 1. The van der Waals surface area contributed by atoms with Gasteiger partial charge < -0.3 is 15.4 Å². The van der Waals surface area contributed by atoms with Gasteiger partial charge in [0, 0.05) is 32.0 Å². The van der Waals surface area contributed by atoms with Crippen molar-refractivity contribution in [3.63, 3.8) is 0 Å². The largest absolute Gasteiger partial charge is 0.383 e. The maximum absolute atomic E-state index is 11.5. The SMILES string of the molecule is COCCNC(=O)CCNc1ncnc2ccccc12. The number of aromatic nitrogens is 2. The molecule has 0 unspecified atom stereocenters. The molecule has 0 atom stereocenters. The van der Waals surface area contributed by atoms with Crippen LogP contribution in [0.3, 0.4) is 0 Å². The van der Waals surface area contributed by atoms with E-state index >= 15 is 0 Å². The zero-order valence-corrected chi connectivity index (χ0v) is 11.4. The zero-order valence-electron chi connectivity index (χ0n) is 11.4. The Morgan fingerprint density at radius 3 is 2.95 bits per heavy atom. The second-order valence-electron chi connectivity index (χ2n) is 4.26. The second-order valence-corrected chi connectivity index (χ2v) is 4.26. The smallest absolute Gasteiger partial charge is 0.221 e. The minimum Gasteiger partial charge on any atom is -0.383 e. The van der Waals surface area contributed by atoms with Gasteiger partial charge in [-0.1, -0.05) is 12.1 Å². The molecule has 0 saturated carbocycles. The highest BCUT2D eigenvalue weighted by molar-refractivity contribution is 5.88. The standard InChI is InChI=1S/C14H18N4O2/c1-20-9-8-15-13(19)6-7-16-14-11-4-2-3-5-12(11)17-10-18-14/h2-5,10H,6-9H2,1H3,(H,15,19)(H,16,17,18). The number of methoxy groups -OCH3 is 1. The fourth-order valence-electron chi connectivity index (χ4n) is 1.82. The summed E-state index contributed by atoms with van der Waals surface area (Å²) in [6.07, 6.45) is 1.91. The van der Waals surface area contributed by atoms with Crippen LogP contribution in [0.5, 0.6) is 0 Å². The van der Waals surface area contributed by atoms with Crippen LogP contribution < -0.4 is 10.6 Å². The fourth-order valence-corrected chi connectivity index (χ4v) is 1.82. The molecule has 2 rings (SSSR count). The molecule has 0 fully saturated rings. The molecule has 6 nitrogen and oxygen atoms in total. The Morgan fingerprint density at radius 2 is 2.10 bits per heavy atom. The molecule has 1 amide bonds. The third-order valence-corrected chi connectivity index (χ3v) is 2.82. The van der Waals surface area contributed by atoms with Crippen LogP contribution in [0.1, 0.15) is 6.42 Å². The number of rotatable bonds is 7. The molecule has 1 aromatic carbocycles. The number of carbonyl (C=O) groups excluding carboxylic acids is 1. The molecule has 0 aliphatic rings. The summed E-state index contributed by atoms with van der Waals surface area (Å²) < 4.78 is 4.87. The van der Waals surface area contributed by atoms with Crippen LogP contribution in [0.25, 0.3) is 10.9 Å². The topological polar surface area (TPSA) is 76.1 Å². The number of para-hydroxylation sites is 1. The Morgan fingerprint density at radius 1 is 1.25 bits per heavy atom. The van der Waals surface area contributed by atoms with Gasteiger partial charge in [-0.3, -0.25) is 4.79 Å². The lowest BCUT2D eigenvalue weighted by Gasteiger charge is -2.08. The monoisotopic (exact) mass is 274 g/mol. The molecule has 0 aliphatic heterocycles. The molecule has 0 radical (unpaired) electrons. The van der Waals surface area contributed by atoms with Crippen molar-refractivity contribution in [2.24, 2.45) is 0 Å². The number of hydrogen-bond acceptors (Lipinski definition) is 5. The van der Waals surface area contributed by atoms with E-state index in [4.69, 9.17) is 4.74 Å². The van der Waals surface area contributed by atoms with Crippen molar-refractivity contribution in [2.75, 3.05) is 32.1 Å². The van der Waals surface area contributed by atoms with Crippen LogP contribution in [-0.2, 0) is 9.53 Å². The lowest BCUT2D eigenvalue weighted by Crippen LogP contribution is -2.28. The average Bonchev–Trinajstić information content (AvgIpc) is 2.48. The van der Waals surface area contributed by atoms with Gasteiger partial charge >= 0.3 is 0 Å². The van der Waals surface area contributed by atoms with Crippen molar-refractivity contribution < 1.29 is 9.53 Å². The highest BCUT2D eigenvalue weighted by Gasteiger charge is 2.04. The van der Waals surface area contributed by atoms with Gasteiger partial charge in [-0.15, -0.1) is 0 Å². The fraction of sp³-hybridized carbons (Fsp3) is 0.357. The van der Waals surface area contributed by atoms with Crippen molar-refractivity contribution in [2.45, 2.75) is 6.42 Å². The number of nitrogens with one attached hydrogen (secondary N) is 2. The summed E-state index contributed by atoms with van der Waals surface area (Å²) in [5, 5.41) is 6.89. The molecule has 0 saturated heterocycles. The number of ether oxygens (including phenoxy) is 1. The minimum atomic E-state index is -0.00656. The molecule has 1 heterocycles. The van der Waals surface area contributed by atoms with E-state index in [1.54, 1.807) is 7.11 Å². The predicted octanol–water partition coefficient (Wildman–Crippen LogP) is 1.19. The predicted molar refractivity (Wildman–Crippen MR) is 77.5 cm³/mol. The van der Waals surface area contributed by atoms with Crippen LogP contribution in [0.2, 0.25) is 0 Å². The van der Waals surface area contributed by atoms with Gasteiger partial charge in [-0.25, -0.2) is 9.97 Å². The minimum absolute atomic E-state index is 0.00656. The van der Waals surface area contributed by atoms with Crippen molar-refractivity contribution >= 4 is 22.6 Å². The lowest BCUT2D eigenvalue weighted by atomic mass is 10.2. The van der Waals surface area contributed by atoms with E-state index in [-0.39, 0.29) is 5.91 Å². The summed E-state index contributed by atoms with van der Waals surface area (Å²) in [6, 6.07) is 7.76. The van der Waals surface area contributed by atoms with Gasteiger partial charge in [0.05, 0.1) is 12.1 Å². The van der Waals surface area contributed by atoms with Crippen molar-refractivity contribution in [3.8, 4) is 0 Å². The van der Waals surface area contributed by atoms with E-state index in [1.807, 2.05) is 24.3 Å². The summed E-state index contributed by atoms with van der Waals surface area (Å²) in [7, 11) is 1.61. The van der Waals surface area contributed by atoms with Crippen LogP contribution in [-0.4, -0.2) is 42.7 Å². The summed E-state index contributed by atoms with van der Waals surface area (Å²) in [5.74, 6) is 0.744. The van der Waals surface area contributed by atoms with E-state index in [0.717, 1.165) is 16.7 Å². The van der Waals surface area contributed by atoms with E-state index < -0.39 is 0 Å². The van der Waals surface area contributed by atoms with E-state index in [0.29, 0.717) is 26.1 Å². The van der Waals surface area contributed by atoms with Gasteiger partial charge in [-0.05, 0) is 12.1 Å². The normalized spacial score (nSPS) is 10.4. The van der Waals surface area contributed by atoms with Crippen molar-refractivity contribution in [3.05, 3.63) is 30.6 Å². The molecule has 2 N–H and O–H groups in total. The number of carbonyl (C=O) groups is 1. The third-order valence-electron chi connectivity index (χ3n) is 2.82. The van der Waals surface area contributed by atoms with Crippen molar-refractivity contribution in [1.82, 2.24) is 15.3 Å². The first kappa shape index (κ1) is 14.2. The molecule has 20 heavy (non-hydrogen) atoms. The van der Waals surface area contributed by atoms with Gasteiger partial charge in [0.15, 0.2) is 0 Å². The highest BCUT2D eigenvalue weighted by atomic mass is 16.5. The van der Waals surface area contributed by atoms with E-state index in [9.17, 15) is 4.79 Å². The average molecular weight is 274 g/mol. The van der Waals surface area contributed by atoms with Gasteiger partial charge in [0.2, 0.25) is 5.91 Å². The molecule has 6 heteroatoms. The maximum Gasteiger partial charge on any atom is 0.221 e. The van der Waals surface area contributed by atoms with Gasteiger partial charge in [0.25, 0.3) is 0 Å². The van der Waals surface area contributed by atoms with Crippen LogP contribution >= 0.6 is 0 Å². The summed E-state index contributed by atoms with van der Waals surface area (Å²) in [5.41, 5.74) is 0.884. The van der Waals surface area contributed by atoms with Gasteiger partial charge in [-0.2, -0.15) is 0 Å².